The number of hydrogen-bond acceptors (Lipinski definition) is 3. The van der Waals surface area contributed by atoms with Gasteiger partial charge in [0, 0.05) is 13.3 Å². The number of ketones is 1. The highest BCUT2D eigenvalue weighted by Gasteiger charge is 1.95. The number of carboxylic acids is 1. The molecular weight excluding hydrogens is 186 g/mol. The molecule has 1 amide bonds. The highest BCUT2D eigenvalue weighted by Crippen LogP contribution is 1.97. The molecule has 0 aromatic rings. The third-order valence-electron chi connectivity index (χ3n) is 1.34. The highest BCUT2D eigenvalue weighted by molar-refractivity contribution is 6.34. The van der Waals surface area contributed by atoms with Gasteiger partial charge in [0.15, 0.2) is 0 Å². The molecule has 0 spiro atoms. The zero-order valence-electron chi connectivity index (χ0n) is 8.58. The molecule has 0 fully saturated rings. The van der Waals surface area contributed by atoms with E-state index in [9.17, 15) is 14.4 Å². The highest BCUT2D eigenvalue weighted by atomic mass is 16.4. The molecule has 0 radical (unpaired) electrons. The van der Waals surface area contributed by atoms with E-state index in [1.54, 1.807) is 0 Å². The molecule has 5 heteroatoms. The number of aliphatic carboxylic acids is 1. The number of amides is 1. The first kappa shape index (κ1) is 15.1. The second-order valence-electron chi connectivity index (χ2n) is 2.77. The normalized spacial score (nSPS) is 8.43. The Morgan fingerprint density at radius 2 is 1.64 bits per heavy atom. The molecule has 0 atom stereocenters. The predicted molar refractivity (Wildman–Crippen MR) is 51.7 cm³/mol. The molecule has 0 saturated heterocycles. The largest absolute Gasteiger partial charge is 0.481 e. The van der Waals surface area contributed by atoms with Gasteiger partial charge in [-0.3, -0.25) is 14.4 Å². The van der Waals surface area contributed by atoms with Gasteiger partial charge in [0.25, 0.3) is 5.91 Å². The second-order valence-corrected chi connectivity index (χ2v) is 2.77. The van der Waals surface area contributed by atoms with Crippen LogP contribution in [0.15, 0.2) is 0 Å². The monoisotopic (exact) mass is 203 g/mol. The van der Waals surface area contributed by atoms with Gasteiger partial charge < -0.3 is 10.8 Å². The van der Waals surface area contributed by atoms with Crippen molar-refractivity contribution in [2.24, 2.45) is 5.73 Å². The Hall–Kier alpha value is -1.39. The van der Waals surface area contributed by atoms with E-state index in [-0.39, 0.29) is 0 Å². The van der Waals surface area contributed by atoms with Crippen molar-refractivity contribution < 1.29 is 19.5 Å². The zero-order chi connectivity index (χ0) is 11.6. The van der Waals surface area contributed by atoms with E-state index >= 15 is 0 Å². The van der Waals surface area contributed by atoms with Crippen molar-refractivity contribution in [2.45, 2.75) is 39.5 Å². The average Bonchev–Trinajstić information content (AvgIpc) is 2.05. The first-order valence-corrected chi connectivity index (χ1v) is 4.44. The molecule has 0 rings (SSSR count). The second kappa shape index (κ2) is 9.70. The Morgan fingerprint density at radius 1 is 1.21 bits per heavy atom. The van der Waals surface area contributed by atoms with Crippen LogP contribution in [0.1, 0.15) is 39.5 Å². The summed E-state index contributed by atoms with van der Waals surface area (Å²) in [6.07, 6.45) is 3.28. The maximum atomic E-state index is 9.87. The fraction of sp³-hybridized carbons (Fsp3) is 0.667. The SMILES string of the molecule is CC(=O)C(N)=O.CCCCCC(=O)O. The minimum atomic E-state index is -0.880. The maximum Gasteiger partial charge on any atom is 0.303 e. The number of Topliss-reactive ketones (excluding diaryl/α,β-unsaturated/α-hetero) is 1. The standard InChI is InChI=1S/C6H12O2.C3H5NO2/c1-2-3-4-5-6(7)8;1-2(5)3(4)6/h2-5H2,1H3,(H,7,8);1H3,(H2,4,6). The Bertz CT molecular complexity index is 189. The number of hydrogen-bond donors (Lipinski definition) is 2. The molecule has 0 unspecified atom stereocenters. The summed E-state index contributed by atoms with van der Waals surface area (Å²) in [4.78, 5) is 29.1. The molecule has 0 heterocycles. The molecule has 3 N–H and O–H groups in total. The summed E-state index contributed by atoms with van der Waals surface area (Å²) in [7, 11) is 0. The van der Waals surface area contributed by atoms with Crippen molar-refractivity contribution in [2.75, 3.05) is 0 Å². The van der Waals surface area contributed by atoms with Crippen molar-refractivity contribution in [3.63, 3.8) is 0 Å². The van der Waals surface area contributed by atoms with Gasteiger partial charge in [0.05, 0.1) is 0 Å². The summed E-state index contributed by atoms with van der Waals surface area (Å²) in [5.74, 6) is -2.16. The van der Waals surface area contributed by atoms with Crippen molar-refractivity contribution in [1.82, 2.24) is 0 Å². The van der Waals surface area contributed by atoms with Gasteiger partial charge in [-0.1, -0.05) is 19.8 Å². The number of rotatable bonds is 5. The van der Waals surface area contributed by atoms with Crippen LogP contribution in [-0.2, 0) is 14.4 Å². The van der Waals surface area contributed by atoms with Crippen LogP contribution in [0, 0.1) is 0 Å². The lowest BCUT2D eigenvalue weighted by Crippen LogP contribution is -2.19. The zero-order valence-corrected chi connectivity index (χ0v) is 8.58. The van der Waals surface area contributed by atoms with Gasteiger partial charge in [0.1, 0.15) is 0 Å². The van der Waals surface area contributed by atoms with E-state index in [0.29, 0.717) is 6.42 Å². The van der Waals surface area contributed by atoms with Crippen molar-refractivity contribution in [1.29, 1.82) is 0 Å². The predicted octanol–water partition coefficient (Wildman–Crippen LogP) is 0.712. The van der Waals surface area contributed by atoms with Gasteiger partial charge >= 0.3 is 5.97 Å². The molecule has 0 aliphatic rings. The lowest BCUT2D eigenvalue weighted by molar-refractivity contribution is -0.137. The quantitative estimate of drug-likeness (QED) is 0.508. The third kappa shape index (κ3) is 16.9. The number of carbonyl (C=O) groups is 3. The molecular formula is C9H17NO4. The van der Waals surface area contributed by atoms with E-state index < -0.39 is 17.7 Å². The summed E-state index contributed by atoms with van der Waals surface area (Å²) in [6, 6.07) is 0. The molecule has 0 saturated carbocycles. The Balaban J connectivity index is 0. The van der Waals surface area contributed by atoms with Crippen molar-refractivity contribution in [3.05, 3.63) is 0 Å². The summed E-state index contributed by atoms with van der Waals surface area (Å²) < 4.78 is 0. The minimum absolute atomic E-state index is 0.327. The molecule has 82 valence electrons. The van der Waals surface area contributed by atoms with Crippen molar-refractivity contribution in [3.8, 4) is 0 Å². The van der Waals surface area contributed by atoms with Crippen LogP contribution in [-0.4, -0.2) is 22.8 Å². The Labute approximate surface area is 83.3 Å². The van der Waals surface area contributed by atoms with Crippen molar-refractivity contribution >= 4 is 17.7 Å². The summed E-state index contributed by atoms with van der Waals surface area (Å²) >= 11 is 0. The van der Waals surface area contributed by atoms with E-state index in [1.807, 2.05) is 0 Å². The fourth-order valence-electron chi connectivity index (χ4n) is 0.526. The van der Waals surface area contributed by atoms with Gasteiger partial charge in [-0.2, -0.15) is 0 Å². The van der Waals surface area contributed by atoms with E-state index in [4.69, 9.17) is 5.11 Å². The number of nitrogens with two attached hydrogens (primary N) is 1. The third-order valence-corrected chi connectivity index (χ3v) is 1.34. The molecule has 5 nitrogen and oxygen atoms in total. The van der Waals surface area contributed by atoms with Crippen LogP contribution in [0.2, 0.25) is 0 Å². The van der Waals surface area contributed by atoms with E-state index in [0.717, 1.165) is 26.2 Å². The lowest BCUT2D eigenvalue weighted by atomic mass is 10.2. The van der Waals surface area contributed by atoms with Crippen LogP contribution in [0.5, 0.6) is 0 Å². The van der Waals surface area contributed by atoms with Gasteiger partial charge in [0.2, 0.25) is 5.78 Å². The van der Waals surface area contributed by atoms with Crippen LogP contribution in [0.3, 0.4) is 0 Å². The molecule has 0 aliphatic heterocycles. The Kier molecular flexibility index (Phi) is 10.5. The van der Waals surface area contributed by atoms with Crippen LogP contribution < -0.4 is 5.73 Å². The molecule has 14 heavy (non-hydrogen) atoms. The van der Waals surface area contributed by atoms with Gasteiger partial charge in [-0.25, -0.2) is 0 Å². The first-order valence-electron chi connectivity index (χ1n) is 4.44. The summed E-state index contributed by atoms with van der Waals surface area (Å²) in [6.45, 7) is 3.18. The fourth-order valence-corrected chi connectivity index (χ4v) is 0.526. The van der Waals surface area contributed by atoms with E-state index in [1.165, 1.54) is 0 Å². The smallest absolute Gasteiger partial charge is 0.303 e. The Morgan fingerprint density at radius 3 is 1.86 bits per heavy atom. The molecule has 0 aromatic carbocycles. The maximum absolute atomic E-state index is 9.87. The molecule has 0 aliphatic carbocycles. The van der Waals surface area contributed by atoms with E-state index in [2.05, 4.69) is 12.7 Å². The average molecular weight is 203 g/mol. The topological polar surface area (TPSA) is 97.5 Å². The molecule has 0 bridgehead atoms. The number of carbonyl (C=O) groups excluding carboxylic acids is 2. The van der Waals surface area contributed by atoms with Crippen LogP contribution in [0.4, 0.5) is 0 Å². The van der Waals surface area contributed by atoms with Crippen LogP contribution in [0.25, 0.3) is 0 Å². The lowest BCUT2D eigenvalue weighted by Gasteiger charge is -1.89. The minimum Gasteiger partial charge on any atom is -0.481 e. The van der Waals surface area contributed by atoms with Gasteiger partial charge in [-0.15, -0.1) is 0 Å². The van der Waals surface area contributed by atoms with Crippen LogP contribution >= 0.6 is 0 Å². The molecule has 0 aromatic heterocycles. The van der Waals surface area contributed by atoms with Gasteiger partial charge in [-0.05, 0) is 6.42 Å². The first-order chi connectivity index (χ1) is 6.41. The summed E-state index contributed by atoms with van der Waals surface area (Å²) in [5.41, 5.74) is 4.45. The number of unbranched alkanes of at least 4 members (excludes halogenated alkanes) is 2. The number of carboxylic acid groups (broad SMARTS) is 1. The number of primary amides is 1. The summed E-state index contributed by atoms with van der Waals surface area (Å²) in [5, 5.41) is 8.14.